The molecule has 2 aromatic rings. The van der Waals surface area contributed by atoms with Gasteiger partial charge in [-0.1, -0.05) is 59.2 Å². The maximum Gasteiger partial charge on any atom is 0.256 e. The Balaban J connectivity index is 0.000000493. The molecule has 1 fully saturated rings. The van der Waals surface area contributed by atoms with Gasteiger partial charge in [-0.15, -0.1) is 0 Å². The third kappa shape index (κ3) is 9.02. The van der Waals surface area contributed by atoms with Crippen molar-refractivity contribution in [3.8, 4) is 16.9 Å². The summed E-state index contributed by atoms with van der Waals surface area (Å²) in [5, 5.41) is 13.3. The van der Waals surface area contributed by atoms with E-state index in [-0.39, 0.29) is 11.7 Å². The Morgan fingerprint density at radius 2 is 1.51 bits per heavy atom. The van der Waals surface area contributed by atoms with E-state index in [1.807, 2.05) is 74.5 Å². The van der Waals surface area contributed by atoms with Crippen molar-refractivity contribution in [3.63, 3.8) is 0 Å². The Labute approximate surface area is 236 Å². The number of nitrogens with two attached hydrogens (primary N) is 1. The van der Waals surface area contributed by atoms with Gasteiger partial charge >= 0.3 is 0 Å². The first-order chi connectivity index (χ1) is 18.8. The van der Waals surface area contributed by atoms with Crippen molar-refractivity contribution in [3.05, 3.63) is 59.2 Å². The second kappa shape index (κ2) is 17.1. The number of carbonyl (C=O) groups is 1. The number of piperidine rings is 1. The van der Waals surface area contributed by atoms with Crippen LogP contribution in [0.5, 0.6) is 5.75 Å². The van der Waals surface area contributed by atoms with Crippen LogP contribution in [0.4, 0.5) is 11.4 Å². The number of nitrogens with zero attached hydrogens (tertiary/aromatic N) is 2. The number of amides is 1. The normalized spacial score (nSPS) is 14.8. The van der Waals surface area contributed by atoms with Crippen molar-refractivity contribution in [2.45, 2.75) is 81.6 Å². The van der Waals surface area contributed by atoms with E-state index in [2.05, 4.69) is 39.5 Å². The molecule has 0 aliphatic carbocycles. The number of aliphatic imine (C=N–C) groups is 1. The zero-order chi connectivity index (χ0) is 29.5. The predicted molar refractivity (Wildman–Crippen MR) is 171 cm³/mol. The van der Waals surface area contributed by atoms with Gasteiger partial charge in [0.25, 0.3) is 5.91 Å². The van der Waals surface area contributed by atoms with Crippen molar-refractivity contribution >= 4 is 28.7 Å². The van der Waals surface area contributed by atoms with Gasteiger partial charge in [-0.3, -0.25) is 9.79 Å². The standard InChI is InChI=1S/C22H24N2O2.C5H8N2.3C2H6/c1-14(2)21-18-12-17(20(25)13-19(18)23-22(21)26)15-6-8-16(9-7-15)24-10-4-3-5-11-24;1-4-2-5(6)7-3-4;3*1-2/h6-9,12-13,25H,3-5,10-11H2,1-2H3,(H,23,26);2H,3H2,1H3,(H2,6,7);3*1-2H3. The highest BCUT2D eigenvalue weighted by Gasteiger charge is 2.27. The molecule has 4 N–H and O–H groups in total. The number of hydrogen-bond acceptors (Lipinski definition) is 5. The Bertz CT molecular complexity index is 1150. The average molecular weight is 535 g/mol. The highest BCUT2D eigenvalue weighted by Crippen LogP contribution is 2.41. The molecule has 0 unspecified atom stereocenters. The lowest BCUT2D eigenvalue weighted by atomic mass is 9.96. The van der Waals surface area contributed by atoms with E-state index in [0.717, 1.165) is 41.9 Å². The molecule has 39 heavy (non-hydrogen) atoms. The van der Waals surface area contributed by atoms with Crippen molar-refractivity contribution in [2.75, 3.05) is 29.9 Å². The van der Waals surface area contributed by atoms with Gasteiger partial charge < -0.3 is 21.1 Å². The number of anilines is 2. The fourth-order valence-electron chi connectivity index (χ4n) is 4.50. The van der Waals surface area contributed by atoms with Crippen LogP contribution in [0.3, 0.4) is 0 Å². The highest BCUT2D eigenvalue weighted by molar-refractivity contribution is 6.32. The zero-order valence-corrected chi connectivity index (χ0v) is 25.6. The predicted octanol–water partition coefficient (Wildman–Crippen LogP) is 8.18. The van der Waals surface area contributed by atoms with Gasteiger partial charge in [-0.25, -0.2) is 0 Å². The number of phenols is 1. The second-order valence-electron chi connectivity index (χ2n) is 9.07. The van der Waals surface area contributed by atoms with Gasteiger partial charge in [0.15, 0.2) is 0 Å². The van der Waals surface area contributed by atoms with Crippen molar-refractivity contribution in [1.29, 1.82) is 0 Å². The summed E-state index contributed by atoms with van der Waals surface area (Å²) in [6.45, 7) is 20.9. The number of phenolic OH excluding ortho intramolecular Hbond substituents is 1. The number of allylic oxidation sites excluding steroid dienone is 1. The molecule has 2 aromatic carbocycles. The molecule has 0 radical (unpaired) electrons. The Morgan fingerprint density at radius 3 is 1.97 bits per heavy atom. The van der Waals surface area contributed by atoms with E-state index in [4.69, 9.17) is 5.73 Å². The van der Waals surface area contributed by atoms with Gasteiger partial charge in [0.05, 0.1) is 12.2 Å². The van der Waals surface area contributed by atoms with Crippen molar-refractivity contribution < 1.29 is 9.90 Å². The number of hydrogen-bond donors (Lipinski definition) is 3. The maximum atomic E-state index is 12.2. The molecular formula is C33H50N4O2. The molecule has 3 aliphatic heterocycles. The molecule has 0 atom stereocenters. The molecule has 3 heterocycles. The van der Waals surface area contributed by atoms with Crippen molar-refractivity contribution in [2.24, 2.45) is 10.7 Å². The zero-order valence-electron chi connectivity index (χ0n) is 25.6. The Morgan fingerprint density at radius 1 is 0.923 bits per heavy atom. The first-order valence-corrected chi connectivity index (χ1v) is 14.5. The number of carbonyl (C=O) groups excluding carboxylic acids is 1. The lowest BCUT2D eigenvalue weighted by Crippen LogP contribution is -2.29. The van der Waals surface area contributed by atoms with Crippen LogP contribution >= 0.6 is 0 Å². The summed E-state index contributed by atoms with van der Waals surface area (Å²) in [4.78, 5) is 18.5. The van der Waals surface area contributed by atoms with Gasteiger partial charge in [0.2, 0.25) is 0 Å². The van der Waals surface area contributed by atoms with Gasteiger partial charge in [-0.2, -0.15) is 0 Å². The summed E-state index contributed by atoms with van der Waals surface area (Å²) in [5.41, 5.74) is 12.7. The van der Waals surface area contributed by atoms with Crippen LogP contribution in [0.2, 0.25) is 0 Å². The Hall–Kier alpha value is -3.54. The van der Waals surface area contributed by atoms with Crippen LogP contribution in [0.25, 0.3) is 16.7 Å². The third-order valence-corrected chi connectivity index (χ3v) is 6.19. The fraction of sp³-hybridized carbons (Fsp3) is 0.455. The molecule has 1 saturated heterocycles. The first kappa shape index (κ1) is 33.5. The van der Waals surface area contributed by atoms with E-state index < -0.39 is 0 Å². The van der Waals surface area contributed by atoms with Crippen molar-refractivity contribution in [1.82, 2.24) is 0 Å². The fourth-order valence-corrected chi connectivity index (χ4v) is 4.50. The maximum absolute atomic E-state index is 12.2. The molecule has 6 nitrogen and oxygen atoms in total. The summed E-state index contributed by atoms with van der Waals surface area (Å²) in [6, 6.07) is 11.9. The molecule has 1 amide bonds. The summed E-state index contributed by atoms with van der Waals surface area (Å²) >= 11 is 0. The van der Waals surface area contributed by atoms with E-state index in [0.29, 0.717) is 17.1 Å². The van der Waals surface area contributed by atoms with Gasteiger partial charge in [0.1, 0.15) is 11.6 Å². The molecule has 3 aliphatic rings. The first-order valence-electron chi connectivity index (χ1n) is 14.5. The van der Waals surface area contributed by atoms with E-state index in [9.17, 15) is 9.90 Å². The molecular weight excluding hydrogens is 484 g/mol. The lowest BCUT2D eigenvalue weighted by molar-refractivity contribution is -0.110. The summed E-state index contributed by atoms with van der Waals surface area (Å²) < 4.78 is 0. The average Bonchev–Trinajstić information content (AvgIpc) is 3.51. The molecule has 5 rings (SSSR count). The smallest absolute Gasteiger partial charge is 0.256 e. The number of rotatable bonds is 2. The summed E-state index contributed by atoms with van der Waals surface area (Å²) in [7, 11) is 0. The monoisotopic (exact) mass is 534 g/mol. The largest absolute Gasteiger partial charge is 0.507 e. The second-order valence-corrected chi connectivity index (χ2v) is 9.07. The van der Waals surface area contributed by atoms with Crippen LogP contribution in [0.1, 0.15) is 87.1 Å². The van der Waals surface area contributed by atoms with Crippen LogP contribution in [0, 0.1) is 0 Å². The lowest BCUT2D eigenvalue weighted by Gasteiger charge is -2.28. The SMILES string of the molecule is CC.CC.CC.CC(C)=C1C(=O)Nc2cc(O)c(-c3ccc(N4CCCCC4)cc3)cc21.CC1=CC(N)=NC1. The van der Waals surface area contributed by atoms with E-state index in [1.165, 1.54) is 30.5 Å². The number of aromatic hydroxyl groups is 1. The van der Waals surface area contributed by atoms with Crippen LogP contribution < -0.4 is 16.0 Å². The molecule has 6 heteroatoms. The summed E-state index contributed by atoms with van der Waals surface area (Å²) in [6.07, 6.45) is 5.71. The molecule has 0 saturated carbocycles. The van der Waals surface area contributed by atoms with Crippen LogP contribution in [0.15, 0.2) is 58.6 Å². The molecule has 0 bridgehead atoms. The minimum atomic E-state index is -0.100. The van der Waals surface area contributed by atoms with Gasteiger partial charge in [-0.05, 0) is 75.4 Å². The van der Waals surface area contributed by atoms with Crippen LogP contribution in [-0.4, -0.2) is 36.5 Å². The summed E-state index contributed by atoms with van der Waals surface area (Å²) in [5.74, 6) is 0.749. The van der Waals surface area contributed by atoms with E-state index in [1.54, 1.807) is 6.07 Å². The third-order valence-electron chi connectivity index (χ3n) is 6.19. The van der Waals surface area contributed by atoms with E-state index >= 15 is 0 Å². The minimum Gasteiger partial charge on any atom is -0.507 e. The highest BCUT2D eigenvalue weighted by atomic mass is 16.3. The Kier molecular flexibility index (Phi) is 14.7. The topological polar surface area (TPSA) is 91.0 Å². The molecule has 0 spiro atoms. The number of nitrogens with one attached hydrogen (secondary N) is 1. The van der Waals surface area contributed by atoms with Gasteiger partial charge in [0, 0.05) is 41.5 Å². The number of benzene rings is 2. The number of fused-ring (bicyclic) bond motifs is 1. The molecule has 0 aromatic heterocycles. The number of amidine groups is 1. The quantitative estimate of drug-likeness (QED) is 0.339. The van der Waals surface area contributed by atoms with Crippen LogP contribution in [-0.2, 0) is 4.79 Å². The molecule has 214 valence electrons. The minimum absolute atomic E-state index is 0.100.